The number of hydrogen-bond donors (Lipinski definition) is 2. The summed E-state index contributed by atoms with van der Waals surface area (Å²) in [5.74, 6) is 1.64. The summed E-state index contributed by atoms with van der Waals surface area (Å²) < 4.78 is 0. The van der Waals surface area contributed by atoms with Gasteiger partial charge in [-0.25, -0.2) is 4.98 Å². The Morgan fingerprint density at radius 3 is 2.50 bits per heavy atom. The third-order valence-electron chi connectivity index (χ3n) is 3.99. The van der Waals surface area contributed by atoms with E-state index >= 15 is 0 Å². The van der Waals surface area contributed by atoms with Gasteiger partial charge in [0.15, 0.2) is 0 Å². The first-order chi connectivity index (χ1) is 9.33. The van der Waals surface area contributed by atoms with Crippen molar-refractivity contribution in [1.29, 1.82) is 0 Å². The Morgan fingerprint density at radius 1 is 1.35 bits per heavy atom. The largest absolute Gasteiger partial charge is 0.373 e. The standard InChI is InChI=1S/C16H25N3O/c1-10(2)13-8-11(9-14(17-5)18-13)15(20)19-16(3,4)12-6-7-12/h8-10,12H,6-7H2,1-5H3,(H,17,18)(H,19,20). The highest BCUT2D eigenvalue weighted by molar-refractivity contribution is 5.95. The molecule has 0 bridgehead atoms. The lowest BCUT2D eigenvalue weighted by molar-refractivity contribution is 0.0903. The van der Waals surface area contributed by atoms with Crippen LogP contribution in [0, 0.1) is 5.92 Å². The maximum Gasteiger partial charge on any atom is 0.251 e. The van der Waals surface area contributed by atoms with E-state index in [0.717, 1.165) is 11.5 Å². The Morgan fingerprint density at radius 2 is 2.00 bits per heavy atom. The second kappa shape index (κ2) is 5.43. The van der Waals surface area contributed by atoms with Crippen LogP contribution in [0.3, 0.4) is 0 Å². The highest BCUT2D eigenvalue weighted by Crippen LogP contribution is 2.39. The van der Waals surface area contributed by atoms with Gasteiger partial charge in [-0.15, -0.1) is 0 Å². The van der Waals surface area contributed by atoms with Gasteiger partial charge < -0.3 is 10.6 Å². The molecule has 0 atom stereocenters. The van der Waals surface area contributed by atoms with Crippen LogP contribution < -0.4 is 10.6 Å². The van der Waals surface area contributed by atoms with Crippen LogP contribution in [0.4, 0.5) is 5.82 Å². The predicted molar refractivity (Wildman–Crippen MR) is 82.1 cm³/mol. The van der Waals surface area contributed by atoms with Gasteiger partial charge in [-0.05, 0) is 50.7 Å². The number of rotatable bonds is 5. The highest BCUT2D eigenvalue weighted by atomic mass is 16.1. The molecule has 0 unspecified atom stereocenters. The number of hydrogen-bond acceptors (Lipinski definition) is 3. The first-order valence-electron chi connectivity index (χ1n) is 7.35. The molecule has 2 rings (SSSR count). The van der Waals surface area contributed by atoms with Gasteiger partial charge >= 0.3 is 0 Å². The number of aromatic nitrogens is 1. The van der Waals surface area contributed by atoms with Crippen molar-refractivity contribution in [3.63, 3.8) is 0 Å². The molecule has 0 radical (unpaired) electrons. The van der Waals surface area contributed by atoms with Crippen LogP contribution in [0.2, 0.25) is 0 Å². The fourth-order valence-corrected chi connectivity index (χ4v) is 2.38. The summed E-state index contributed by atoms with van der Waals surface area (Å²) in [5.41, 5.74) is 1.49. The zero-order valence-electron chi connectivity index (χ0n) is 13.1. The Hall–Kier alpha value is -1.58. The van der Waals surface area contributed by atoms with E-state index in [1.165, 1.54) is 12.8 Å². The Bertz CT molecular complexity index is 504. The summed E-state index contributed by atoms with van der Waals surface area (Å²) in [6.07, 6.45) is 2.42. The molecule has 20 heavy (non-hydrogen) atoms. The van der Waals surface area contributed by atoms with Gasteiger partial charge in [0.05, 0.1) is 0 Å². The van der Waals surface area contributed by atoms with E-state index in [4.69, 9.17) is 0 Å². The Balaban J connectivity index is 2.22. The maximum atomic E-state index is 12.5. The summed E-state index contributed by atoms with van der Waals surface area (Å²) >= 11 is 0. The number of pyridine rings is 1. The molecule has 2 N–H and O–H groups in total. The molecule has 0 aliphatic heterocycles. The molecule has 1 aliphatic carbocycles. The molecule has 0 saturated heterocycles. The number of carbonyl (C=O) groups excluding carboxylic acids is 1. The molecule has 4 heteroatoms. The molecule has 0 aromatic carbocycles. The van der Waals surface area contributed by atoms with Crippen molar-refractivity contribution in [3.8, 4) is 0 Å². The lowest BCUT2D eigenvalue weighted by Gasteiger charge is -2.26. The van der Waals surface area contributed by atoms with Crippen molar-refractivity contribution < 1.29 is 4.79 Å². The third-order valence-corrected chi connectivity index (χ3v) is 3.99. The fourth-order valence-electron chi connectivity index (χ4n) is 2.38. The lowest BCUT2D eigenvalue weighted by atomic mass is 9.98. The minimum Gasteiger partial charge on any atom is -0.373 e. The smallest absolute Gasteiger partial charge is 0.251 e. The zero-order valence-corrected chi connectivity index (χ0v) is 13.1. The number of amides is 1. The summed E-state index contributed by atoms with van der Waals surface area (Å²) in [4.78, 5) is 17.0. The molecule has 4 nitrogen and oxygen atoms in total. The molecular weight excluding hydrogens is 250 g/mol. The SMILES string of the molecule is CNc1cc(C(=O)NC(C)(C)C2CC2)cc(C(C)C)n1. The first kappa shape index (κ1) is 14.8. The molecule has 0 spiro atoms. The normalized spacial score (nSPS) is 15.3. The molecule has 1 aliphatic rings. The second-order valence-electron chi connectivity index (χ2n) is 6.52. The van der Waals surface area contributed by atoms with Crippen molar-refractivity contribution >= 4 is 11.7 Å². The van der Waals surface area contributed by atoms with Gasteiger partial charge in [-0.1, -0.05) is 13.8 Å². The van der Waals surface area contributed by atoms with Crippen molar-refractivity contribution in [1.82, 2.24) is 10.3 Å². The van der Waals surface area contributed by atoms with E-state index in [-0.39, 0.29) is 11.4 Å². The van der Waals surface area contributed by atoms with Crippen molar-refractivity contribution in [2.45, 2.75) is 52.0 Å². The third kappa shape index (κ3) is 3.30. The monoisotopic (exact) mass is 275 g/mol. The fraction of sp³-hybridized carbons (Fsp3) is 0.625. The summed E-state index contributed by atoms with van der Waals surface area (Å²) in [5, 5.41) is 6.18. The van der Waals surface area contributed by atoms with Crippen LogP contribution in [-0.4, -0.2) is 23.5 Å². The molecule has 1 aromatic heterocycles. The molecule has 1 heterocycles. The van der Waals surface area contributed by atoms with Crippen LogP contribution in [0.1, 0.15) is 62.5 Å². The van der Waals surface area contributed by atoms with Gasteiger partial charge in [0.25, 0.3) is 5.91 Å². The van der Waals surface area contributed by atoms with E-state index < -0.39 is 0 Å². The van der Waals surface area contributed by atoms with E-state index in [1.807, 2.05) is 19.2 Å². The van der Waals surface area contributed by atoms with Gasteiger partial charge in [0.1, 0.15) is 5.82 Å². The van der Waals surface area contributed by atoms with Crippen LogP contribution in [0.5, 0.6) is 0 Å². The summed E-state index contributed by atoms with van der Waals surface area (Å²) in [6, 6.07) is 3.70. The van der Waals surface area contributed by atoms with E-state index in [1.54, 1.807) is 0 Å². The summed E-state index contributed by atoms with van der Waals surface area (Å²) in [6.45, 7) is 8.37. The molecule has 1 fully saturated rings. The Kier molecular flexibility index (Phi) is 4.02. The molecular formula is C16H25N3O. The Labute approximate surface area is 121 Å². The topological polar surface area (TPSA) is 54.0 Å². The molecule has 1 aromatic rings. The van der Waals surface area contributed by atoms with Crippen LogP contribution in [0.25, 0.3) is 0 Å². The number of carbonyl (C=O) groups is 1. The van der Waals surface area contributed by atoms with Gasteiger partial charge in [-0.3, -0.25) is 4.79 Å². The van der Waals surface area contributed by atoms with Crippen molar-refractivity contribution in [2.24, 2.45) is 5.92 Å². The second-order valence-corrected chi connectivity index (χ2v) is 6.52. The van der Waals surface area contributed by atoms with Gasteiger partial charge in [0.2, 0.25) is 0 Å². The average molecular weight is 275 g/mol. The maximum absolute atomic E-state index is 12.5. The zero-order chi connectivity index (χ0) is 14.9. The number of nitrogens with one attached hydrogen (secondary N) is 2. The minimum absolute atomic E-state index is 0.0114. The number of anilines is 1. The van der Waals surface area contributed by atoms with E-state index in [9.17, 15) is 4.79 Å². The van der Waals surface area contributed by atoms with Crippen LogP contribution in [0.15, 0.2) is 12.1 Å². The molecule has 1 saturated carbocycles. The average Bonchev–Trinajstić information content (AvgIpc) is 3.22. The quantitative estimate of drug-likeness (QED) is 0.868. The van der Waals surface area contributed by atoms with Crippen molar-refractivity contribution in [2.75, 3.05) is 12.4 Å². The van der Waals surface area contributed by atoms with Gasteiger partial charge in [-0.2, -0.15) is 0 Å². The van der Waals surface area contributed by atoms with Gasteiger partial charge in [0, 0.05) is 23.8 Å². The van der Waals surface area contributed by atoms with E-state index in [2.05, 4.69) is 43.3 Å². The summed E-state index contributed by atoms with van der Waals surface area (Å²) in [7, 11) is 1.82. The minimum atomic E-state index is -0.127. The van der Waals surface area contributed by atoms with E-state index in [0.29, 0.717) is 17.4 Å². The number of nitrogens with zero attached hydrogens (tertiary/aromatic N) is 1. The lowest BCUT2D eigenvalue weighted by Crippen LogP contribution is -2.45. The predicted octanol–water partition coefficient (Wildman–Crippen LogP) is 3.17. The first-order valence-corrected chi connectivity index (χ1v) is 7.35. The van der Waals surface area contributed by atoms with Crippen LogP contribution >= 0.6 is 0 Å². The van der Waals surface area contributed by atoms with Crippen molar-refractivity contribution in [3.05, 3.63) is 23.4 Å². The molecule has 1 amide bonds. The highest BCUT2D eigenvalue weighted by Gasteiger charge is 2.38. The van der Waals surface area contributed by atoms with Crippen LogP contribution in [-0.2, 0) is 0 Å². The molecule has 110 valence electrons.